The van der Waals surface area contributed by atoms with Crippen LogP contribution in [0.2, 0.25) is 0 Å². The average molecular weight is 454 g/mol. The third-order valence-electron chi connectivity index (χ3n) is 4.41. The highest BCUT2D eigenvalue weighted by Crippen LogP contribution is 2.27. The topological polar surface area (TPSA) is 166 Å². The first-order valence-corrected chi connectivity index (χ1v) is 11.1. The molecule has 4 rings (SSSR count). The SMILES string of the molecule is CCNC(=O)Oc1ccc(-c2nc(Nc3cccc(S(N)(=O)=O)c3)nc3[nH+]c[nH]c23)cc1. The van der Waals surface area contributed by atoms with Crippen LogP contribution in [0.1, 0.15) is 6.92 Å². The first-order valence-electron chi connectivity index (χ1n) is 9.56. The Hall–Kier alpha value is -4.03. The number of aromatic amines is 2. The number of sulfonamides is 1. The monoisotopic (exact) mass is 454 g/mol. The molecular weight excluding hydrogens is 434 g/mol. The fourth-order valence-electron chi connectivity index (χ4n) is 2.99. The zero-order chi connectivity index (χ0) is 22.7. The molecule has 0 unspecified atom stereocenters. The number of nitrogens with one attached hydrogen (secondary N) is 4. The molecule has 0 aliphatic heterocycles. The van der Waals surface area contributed by atoms with Gasteiger partial charge in [0.25, 0.3) is 0 Å². The van der Waals surface area contributed by atoms with Gasteiger partial charge in [0, 0.05) is 17.8 Å². The minimum Gasteiger partial charge on any atom is -0.410 e. The third kappa shape index (κ3) is 4.66. The summed E-state index contributed by atoms with van der Waals surface area (Å²) in [7, 11) is -3.84. The largest absolute Gasteiger partial charge is 0.412 e. The lowest BCUT2D eigenvalue weighted by Gasteiger charge is -2.07. The van der Waals surface area contributed by atoms with Gasteiger partial charge in [-0.15, -0.1) is 0 Å². The molecule has 2 aromatic heterocycles. The standard InChI is InChI=1S/C20H19N7O4S/c1-2-22-20(28)31-14-8-6-12(7-9-14)16-17-18(24-11-23-17)27-19(26-16)25-13-4-3-5-15(10-13)32(21,29)30/h3-11H,2H2,1H3,(H,22,28)(H2,21,29,30)(H2,23,24,25,26,27)/p+1. The zero-order valence-corrected chi connectivity index (χ0v) is 17.7. The van der Waals surface area contributed by atoms with Crippen LogP contribution < -0.4 is 25.5 Å². The average Bonchev–Trinajstić information content (AvgIpc) is 3.22. The molecule has 0 fully saturated rings. The summed E-state index contributed by atoms with van der Waals surface area (Å²) in [6.45, 7) is 2.27. The molecule has 164 valence electrons. The normalized spacial score (nSPS) is 11.3. The molecule has 0 radical (unpaired) electrons. The summed E-state index contributed by atoms with van der Waals surface area (Å²) in [4.78, 5) is 26.6. The van der Waals surface area contributed by atoms with Crippen LogP contribution in [-0.4, -0.2) is 36.0 Å². The van der Waals surface area contributed by atoms with Crippen LogP contribution in [0, 0.1) is 0 Å². The number of fused-ring (bicyclic) bond motifs is 1. The van der Waals surface area contributed by atoms with E-state index in [-0.39, 0.29) is 10.8 Å². The van der Waals surface area contributed by atoms with E-state index in [2.05, 4.69) is 30.6 Å². The van der Waals surface area contributed by atoms with Crippen LogP contribution >= 0.6 is 0 Å². The van der Waals surface area contributed by atoms with Gasteiger partial charge in [-0.3, -0.25) is 4.98 Å². The van der Waals surface area contributed by atoms with Crippen molar-refractivity contribution in [3.05, 3.63) is 54.9 Å². The predicted molar refractivity (Wildman–Crippen MR) is 117 cm³/mol. The fourth-order valence-corrected chi connectivity index (χ4v) is 3.55. The number of imidazole rings is 1. The predicted octanol–water partition coefficient (Wildman–Crippen LogP) is 1.94. The van der Waals surface area contributed by atoms with Gasteiger partial charge in [-0.05, 0) is 49.4 Å². The number of rotatable bonds is 6. The molecule has 0 aliphatic rings. The summed E-state index contributed by atoms with van der Waals surface area (Å²) >= 11 is 0. The van der Waals surface area contributed by atoms with Gasteiger partial charge in [0.2, 0.25) is 10.0 Å². The number of nitrogens with zero attached hydrogens (tertiary/aromatic N) is 2. The molecular formula is C20H20N7O4S+. The van der Waals surface area contributed by atoms with Gasteiger partial charge in [0.1, 0.15) is 11.4 Å². The number of aromatic nitrogens is 4. The van der Waals surface area contributed by atoms with E-state index in [9.17, 15) is 13.2 Å². The van der Waals surface area contributed by atoms with Gasteiger partial charge >= 0.3 is 17.7 Å². The summed E-state index contributed by atoms with van der Waals surface area (Å²) in [5.41, 5.74) is 3.01. The van der Waals surface area contributed by atoms with Gasteiger partial charge in [-0.1, -0.05) is 11.1 Å². The van der Waals surface area contributed by atoms with Crippen molar-refractivity contribution in [2.45, 2.75) is 11.8 Å². The Morgan fingerprint density at radius 3 is 2.69 bits per heavy atom. The number of anilines is 2. The van der Waals surface area contributed by atoms with Gasteiger partial charge in [0.05, 0.1) is 4.90 Å². The summed E-state index contributed by atoms with van der Waals surface area (Å²) in [6, 6.07) is 12.9. The molecule has 1 amide bonds. The van der Waals surface area contributed by atoms with E-state index < -0.39 is 16.1 Å². The Labute approximate surface area is 183 Å². The summed E-state index contributed by atoms with van der Waals surface area (Å²) in [5, 5.41) is 10.8. The number of hydrogen-bond donors (Lipinski definition) is 4. The minimum atomic E-state index is -3.84. The van der Waals surface area contributed by atoms with Gasteiger partial charge < -0.3 is 15.4 Å². The van der Waals surface area contributed by atoms with E-state index in [4.69, 9.17) is 9.88 Å². The van der Waals surface area contributed by atoms with Crippen LogP contribution in [0.15, 0.2) is 59.8 Å². The molecule has 0 atom stereocenters. The number of H-pyrrole nitrogens is 2. The number of carbonyl (C=O) groups excluding carboxylic acids is 1. The van der Waals surface area contributed by atoms with Gasteiger partial charge in [0.15, 0.2) is 11.8 Å². The molecule has 11 nitrogen and oxygen atoms in total. The van der Waals surface area contributed by atoms with Crippen molar-refractivity contribution in [3.8, 4) is 17.0 Å². The van der Waals surface area contributed by atoms with Crippen LogP contribution in [0.4, 0.5) is 16.4 Å². The van der Waals surface area contributed by atoms with Crippen molar-refractivity contribution in [1.82, 2.24) is 20.3 Å². The Morgan fingerprint density at radius 1 is 1.19 bits per heavy atom. The summed E-state index contributed by atoms with van der Waals surface area (Å²) < 4.78 is 28.4. The molecule has 0 spiro atoms. The third-order valence-corrected chi connectivity index (χ3v) is 5.32. The maximum absolute atomic E-state index is 11.6. The maximum atomic E-state index is 11.6. The van der Waals surface area contributed by atoms with E-state index in [1.807, 2.05) is 0 Å². The first-order chi connectivity index (χ1) is 15.3. The zero-order valence-electron chi connectivity index (χ0n) is 16.9. The summed E-state index contributed by atoms with van der Waals surface area (Å²) in [6.07, 6.45) is 1.10. The van der Waals surface area contributed by atoms with Crippen LogP contribution in [0.25, 0.3) is 22.4 Å². The first kappa shape index (κ1) is 21.2. The second-order valence-electron chi connectivity index (χ2n) is 6.69. The maximum Gasteiger partial charge on any atom is 0.412 e. The second-order valence-corrected chi connectivity index (χ2v) is 8.26. The van der Waals surface area contributed by atoms with E-state index >= 15 is 0 Å². The number of primary sulfonamides is 1. The lowest BCUT2D eigenvalue weighted by atomic mass is 10.1. The highest BCUT2D eigenvalue weighted by molar-refractivity contribution is 7.89. The lowest BCUT2D eigenvalue weighted by molar-refractivity contribution is -0.347. The Balaban J connectivity index is 1.66. The highest BCUT2D eigenvalue weighted by atomic mass is 32.2. The van der Waals surface area contributed by atoms with Crippen molar-refractivity contribution in [2.24, 2.45) is 5.14 Å². The van der Waals surface area contributed by atoms with Crippen LogP contribution in [-0.2, 0) is 10.0 Å². The summed E-state index contributed by atoms with van der Waals surface area (Å²) in [5.74, 6) is 0.638. The number of carbonyl (C=O) groups is 1. The molecule has 12 heteroatoms. The quantitative estimate of drug-likeness (QED) is 0.345. The molecule has 4 aromatic rings. The molecule has 0 aliphatic carbocycles. The van der Waals surface area contributed by atoms with E-state index in [1.165, 1.54) is 12.1 Å². The minimum absolute atomic E-state index is 0.0280. The molecule has 0 saturated carbocycles. The van der Waals surface area contributed by atoms with Crippen molar-refractivity contribution in [3.63, 3.8) is 0 Å². The smallest absolute Gasteiger partial charge is 0.410 e. The van der Waals surface area contributed by atoms with Crippen molar-refractivity contribution in [1.29, 1.82) is 0 Å². The Kier molecular flexibility index (Phi) is 5.71. The van der Waals surface area contributed by atoms with Crippen molar-refractivity contribution < 1.29 is 22.9 Å². The van der Waals surface area contributed by atoms with Crippen molar-refractivity contribution in [2.75, 3.05) is 11.9 Å². The highest BCUT2D eigenvalue weighted by Gasteiger charge is 2.18. The number of nitrogens with two attached hydrogens (primary N) is 1. The second kappa shape index (κ2) is 8.61. The van der Waals surface area contributed by atoms with Gasteiger partial charge in [-0.2, -0.15) is 4.98 Å². The number of hydrogen-bond acceptors (Lipinski definition) is 7. The number of ether oxygens (including phenoxy) is 1. The molecule has 0 saturated heterocycles. The molecule has 0 bridgehead atoms. The fraction of sp³-hybridized carbons (Fsp3) is 0.100. The number of amides is 1. The molecule has 32 heavy (non-hydrogen) atoms. The molecule has 2 aromatic carbocycles. The van der Waals surface area contributed by atoms with Crippen LogP contribution in [0.3, 0.4) is 0 Å². The van der Waals surface area contributed by atoms with Crippen LogP contribution in [0.5, 0.6) is 5.75 Å². The molecule has 6 N–H and O–H groups in total. The van der Waals surface area contributed by atoms with Crippen molar-refractivity contribution >= 4 is 38.9 Å². The van der Waals surface area contributed by atoms with Gasteiger partial charge in [-0.25, -0.2) is 23.3 Å². The lowest BCUT2D eigenvalue weighted by Crippen LogP contribution is -2.26. The molecule has 2 heterocycles. The van der Waals surface area contributed by atoms with E-state index in [1.54, 1.807) is 49.6 Å². The van der Waals surface area contributed by atoms with E-state index in [0.29, 0.717) is 34.8 Å². The Bertz CT molecular complexity index is 1380. The van der Waals surface area contributed by atoms with E-state index in [0.717, 1.165) is 5.56 Å². The Morgan fingerprint density at radius 2 is 1.97 bits per heavy atom. The number of benzene rings is 2.